The monoisotopic (exact) mass is 335 g/mol. The van der Waals surface area contributed by atoms with Crippen LogP contribution < -0.4 is 14.8 Å². The Kier molecular flexibility index (Phi) is 5.08. The molecule has 1 aliphatic heterocycles. The van der Waals surface area contributed by atoms with Crippen LogP contribution in [-0.2, 0) is 0 Å². The molecule has 1 aromatic carbocycles. The SMILES string of the molecule is CCOc1cc(-c2nccn2C2CCNC2)cc(Cl)c1OCC. The highest BCUT2D eigenvalue weighted by Gasteiger charge is 2.21. The fraction of sp³-hybridized carbons (Fsp3) is 0.471. The van der Waals surface area contributed by atoms with Gasteiger partial charge in [0, 0.05) is 30.5 Å². The summed E-state index contributed by atoms with van der Waals surface area (Å²) in [6.45, 7) is 6.98. The highest BCUT2D eigenvalue weighted by atomic mass is 35.5. The van der Waals surface area contributed by atoms with Gasteiger partial charge in [-0.3, -0.25) is 0 Å². The van der Waals surface area contributed by atoms with Gasteiger partial charge in [0.05, 0.1) is 18.2 Å². The third kappa shape index (κ3) is 3.31. The number of ether oxygens (including phenoxy) is 2. The Labute approximate surface area is 141 Å². The van der Waals surface area contributed by atoms with Crippen LogP contribution in [0, 0.1) is 0 Å². The van der Waals surface area contributed by atoms with Crippen molar-refractivity contribution >= 4 is 11.6 Å². The van der Waals surface area contributed by atoms with Crippen molar-refractivity contribution in [1.29, 1.82) is 0 Å². The molecule has 6 heteroatoms. The minimum Gasteiger partial charge on any atom is -0.490 e. The summed E-state index contributed by atoms with van der Waals surface area (Å²) in [5, 5.41) is 3.94. The van der Waals surface area contributed by atoms with E-state index in [2.05, 4.69) is 14.9 Å². The van der Waals surface area contributed by atoms with E-state index in [0.717, 1.165) is 30.9 Å². The highest BCUT2D eigenvalue weighted by Crippen LogP contribution is 2.40. The number of imidazole rings is 1. The maximum absolute atomic E-state index is 6.42. The Balaban J connectivity index is 2.01. The zero-order chi connectivity index (χ0) is 16.2. The third-order valence-corrected chi connectivity index (χ3v) is 4.23. The molecule has 124 valence electrons. The van der Waals surface area contributed by atoms with Crippen LogP contribution in [0.1, 0.15) is 26.3 Å². The van der Waals surface area contributed by atoms with E-state index < -0.39 is 0 Å². The lowest BCUT2D eigenvalue weighted by Crippen LogP contribution is -2.13. The first-order chi connectivity index (χ1) is 11.2. The van der Waals surface area contributed by atoms with Crippen LogP contribution in [-0.4, -0.2) is 35.9 Å². The Morgan fingerprint density at radius 2 is 2.13 bits per heavy atom. The summed E-state index contributed by atoms with van der Waals surface area (Å²) >= 11 is 6.42. The van der Waals surface area contributed by atoms with Crippen LogP contribution in [0.3, 0.4) is 0 Å². The first kappa shape index (κ1) is 16.1. The number of halogens is 1. The first-order valence-corrected chi connectivity index (χ1v) is 8.45. The maximum atomic E-state index is 6.42. The molecule has 2 aromatic rings. The fourth-order valence-electron chi connectivity index (χ4n) is 2.95. The summed E-state index contributed by atoms with van der Waals surface area (Å²) in [6, 6.07) is 4.28. The van der Waals surface area contributed by atoms with Crippen molar-refractivity contribution in [3.63, 3.8) is 0 Å². The Hall–Kier alpha value is -1.72. The minimum atomic E-state index is 0.424. The summed E-state index contributed by atoms with van der Waals surface area (Å²) in [7, 11) is 0. The summed E-state index contributed by atoms with van der Waals surface area (Å²) in [5.74, 6) is 2.17. The second kappa shape index (κ2) is 7.23. The quantitative estimate of drug-likeness (QED) is 0.877. The van der Waals surface area contributed by atoms with E-state index in [-0.39, 0.29) is 0 Å². The lowest BCUT2D eigenvalue weighted by Gasteiger charge is -2.17. The molecule has 1 fully saturated rings. The summed E-state index contributed by atoms with van der Waals surface area (Å²) < 4.78 is 13.6. The average Bonchev–Trinajstić information content (AvgIpc) is 3.20. The number of nitrogens with one attached hydrogen (secondary N) is 1. The normalized spacial score (nSPS) is 17.4. The van der Waals surface area contributed by atoms with Crippen molar-refractivity contribution in [2.45, 2.75) is 26.3 Å². The molecule has 1 unspecified atom stereocenters. The van der Waals surface area contributed by atoms with Gasteiger partial charge in [-0.1, -0.05) is 11.6 Å². The molecule has 0 spiro atoms. The lowest BCUT2D eigenvalue weighted by atomic mass is 10.1. The van der Waals surface area contributed by atoms with Gasteiger partial charge in [0.1, 0.15) is 5.82 Å². The molecule has 2 heterocycles. The molecule has 3 rings (SSSR count). The van der Waals surface area contributed by atoms with Gasteiger partial charge in [0.2, 0.25) is 0 Å². The van der Waals surface area contributed by atoms with Gasteiger partial charge in [-0.25, -0.2) is 4.98 Å². The topological polar surface area (TPSA) is 48.3 Å². The number of nitrogens with zero attached hydrogens (tertiary/aromatic N) is 2. The Morgan fingerprint density at radius 3 is 2.83 bits per heavy atom. The minimum absolute atomic E-state index is 0.424. The number of hydrogen-bond acceptors (Lipinski definition) is 4. The molecule has 1 saturated heterocycles. The van der Waals surface area contributed by atoms with Crippen molar-refractivity contribution < 1.29 is 9.47 Å². The molecule has 23 heavy (non-hydrogen) atoms. The van der Waals surface area contributed by atoms with Crippen LogP contribution in [0.4, 0.5) is 0 Å². The first-order valence-electron chi connectivity index (χ1n) is 8.07. The number of aromatic nitrogens is 2. The molecular weight excluding hydrogens is 314 g/mol. The molecule has 0 amide bonds. The standard InChI is InChI=1S/C17H22ClN3O2/c1-3-22-15-10-12(9-14(18)16(15)23-4-2)17-20-7-8-21(17)13-5-6-19-11-13/h7-10,13,19H,3-6,11H2,1-2H3. The predicted octanol–water partition coefficient (Wildman–Crippen LogP) is 3.54. The molecule has 0 aliphatic carbocycles. The van der Waals surface area contributed by atoms with E-state index in [1.165, 1.54) is 0 Å². The van der Waals surface area contributed by atoms with Gasteiger partial charge < -0.3 is 19.4 Å². The summed E-state index contributed by atoms with van der Waals surface area (Å²) in [6.07, 6.45) is 4.96. The van der Waals surface area contributed by atoms with Gasteiger partial charge in [-0.05, 0) is 38.9 Å². The van der Waals surface area contributed by atoms with Crippen LogP contribution in [0.5, 0.6) is 11.5 Å². The molecule has 0 radical (unpaired) electrons. The summed E-state index contributed by atoms with van der Waals surface area (Å²) in [5.41, 5.74) is 0.943. The van der Waals surface area contributed by atoms with Crippen molar-refractivity contribution in [1.82, 2.24) is 14.9 Å². The van der Waals surface area contributed by atoms with E-state index >= 15 is 0 Å². The predicted molar refractivity (Wildman–Crippen MR) is 91.5 cm³/mol. The summed E-state index contributed by atoms with van der Waals surface area (Å²) in [4.78, 5) is 4.53. The van der Waals surface area contributed by atoms with E-state index in [9.17, 15) is 0 Å². The zero-order valence-corrected chi connectivity index (χ0v) is 14.3. The van der Waals surface area contributed by atoms with Gasteiger partial charge in [0.25, 0.3) is 0 Å². The molecule has 0 bridgehead atoms. The average molecular weight is 336 g/mol. The number of rotatable bonds is 6. The van der Waals surface area contributed by atoms with Crippen LogP contribution >= 0.6 is 11.6 Å². The number of benzene rings is 1. The smallest absolute Gasteiger partial charge is 0.179 e. The number of hydrogen-bond donors (Lipinski definition) is 1. The molecule has 5 nitrogen and oxygen atoms in total. The maximum Gasteiger partial charge on any atom is 0.179 e. The highest BCUT2D eigenvalue weighted by molar-refractivity contribution is 6.32. The van der Waals surface area contributed by atoms with Crippen LogP contribution in [0.15, 0.2) is 24.5 Å². The second-order valence-electron chi connectivity index (χ2n) is 5.46. The zero-order valence-electron chi connectivity index (χ0n) is 13.5. The van der Waals surface area contributed by atoms with Gasteiger partial charge in [-0.2, -0.15) is 0 Å². The van der Waals surface area contributed by atoms with Crippen molar-refractivity contribution in [2.75, 3.05) is 26.3 Å². The van der Waals surface area contributed by atoms with E-state index in [1.807, 2.05) is 38.4 Å². The van der Waals surface area contributed by atoms with Crippen molar-refractivity contribution in [2.24, 2.45) is 0 Å². The van der Waals surface area contributed by atoms with Crippen molar-refractivity contribution in [3.8, 4) is 22.9 Å². The van der Waals surface area contributed by atoms with E-state index in [0.29, 0.717) is 35.8 Å². The van der Waals surface area contributed by atoms with Crippen LogP contribution in [0.25, 0.3) is 11.4 Å². The third-order valence-electron chi connectivity index (χ3n) is 3.95. The Morgan fingerprint density at radius 1 is 1.30 bits per heavy atom. The largest absolute Gasteiger partial charge is 0.490 e. The van der Waals surface area contributed by atoms with Crippen molar-refractivity contribution in [3.05, 3.63) is 29.5 Å². The molecule has 1 aromatic heterocycles. The molecule has 1 aliphatic rings. The Bertz CT molecular complexity index is 666. The molecule has 1 atom stereocenters. The molecule has 1 N–H and O–H groups in total. The fourth-order valence-corrected chi connectivity index (χ4v) is 3.22. The van der Waals surface area contributed by atoms with Crippen LogP contribution in [0.2, 0.25) is 5.02 Å². The van der Waals surface area contributed by atoms with E-state index in [1.54, 1.807) is 0 Å². The van der Waals surface area contributed by atoms with E-state index in [4.69, 9.17) is 21.1 Å². The second-order valence-corrected chi connectivity index (χ2v) is 5.86. The molecule has 0 saturated carbocycles. The lowest BCUT2D eigenvalue weighted by molar-refractivity contribution is 0.288. The van der Waals surface area contributed by atoms with Gasteiger partial charge in [-0.15, -0.1) is 0 Å². The molecular formula is C17H22ClN3O2. The van der Waals surface area contributed by atoms with Gasteiger partial charge in [0.15, 0.2) is 11.5 Å². The van der Waals surface area contributed by atoms with Gasteiger partial charge >= 0.3 is 0 Å².